The Balaban J connectivity index is 1.86. The first-order valence-electron chi connectivity index (χ1n) is 8.45. The number of aromatic nitrogens is 2. The lowest BCUT2D eigenvalue weighted by atomic mass is 10.0. The number of halogens is 3. The van der Waals surface area contributed by atoms with Crippen molar-refractivity contribution < 1.29 is 22.7 Å². The first-order chi connectivity index (χ1) is 11.8. The van der Waals surface area contributed by atoms with Gasteiger partial charge >= 0.3 is 6.18 Å². The molecule has 1 saturated heterocycles. The van der Waals surface area contributed by atoms with Crippen molar-refractivity contribution in [3.05, 3.63) is 18.0 Å². The summed E-state index contributed by atoms with van der Waals surface area (Å²) in [4.78, 5) is 14.3. The molecule has 1 aliphatic heterocycles. The van der Waals surface area contributed by atoms with Crippen molar-refractivity contribution in [2.45, 2.75) is 39.0 Å². The number of rotatable bonds is 7. The second-order valence-electron chi connectivity index (χ2n) is 6.63. The monoisotopic (exact) mass is 362 g/mol. The summed E-state index contributed by atoms with van der Waals surface area (Å²) in [5.41, 5.74) is -0.994. The Morgan fingerprint density at radius 2 is 2.04 bits per heavy atom. The number of nitrogens with zero attached hydrogens (tertiary/aromatic N) is 3. The molecule has 9 heteroatoms. The molecule has 0 radical (unpaired) electrons. The van der Waals surface area contributed by atoms with E-state index in [1.165, 1.54) is 0 Å². The van der Waals surface area contributed by atoms with Crippen molar-refractivity contribution >= 4 is 5.91 Å². The first-order valence-corrected chi connectivity index (χ1v) is 8.45. The van der Waals surface area contributed by atoms with Crippen molar-refractivity contribution in [1.29, 1.82) is 0 Å². The third-order valence-corrected chi connectivity index (χ3v) is 4.08. The van der Waals surface area contributed by atoms with Crippen molar-refractivity contribution in [1.82, 2.24) is 20.0 Å². The number of nitrogens with one attached hydrogen (secondary N) is 1. The van der Waals surface area contributed by atoms with Crippen LogP contribution < -0.4 is 5.32 Å². The van der Waals surface area contributed by atoms with E-state index < -0.39 is 11.9 Å². The molecule has 0 spiro atoms. The molecule has 25 heavy (non-hydrogen) atoms. The lowest BCUT2D eigenvalue weighted by molar-refractivity contribution is -0.141. The molecule has 1 fully saturated rings. The molecule has 2 heterocycles. The molecule has 0 saturated carbocycles. The van der Waals surface area contributed by atoms with E-state index in [4.69, 9.17) is 4.74 Å². The van der Waals surface area contributed by atoms with Crippen LogP contribution in [0.25, 0.3) is 0 Å². The van der Waals surface area contributed by atoms with Gasteiger partial charge in [-0.2, -0.15) is 18.3 Å². The summed E-state index contributed by atoms with van der Waals surface area (Å²) in [6, 6.07) is 1.05. The Morgan fingerprint density at radius 1 is 1.36 bits per heavy atom. The highest BCUT2D eigenvalue weighted by Crippen LogP contribution is 2.27. The molecule has 1 aromatic rings. The largest absolute Gasteiger partial charge is 0.435 e. The molecule has 1 N–H and O–H groups in total. The zero-order chi connectivity index (χ0) is 18.4. The second kappa shape index (κ2) is 8.66. The summed E-state index contributed by atoms with van der Waals surface area (Å²) < 4.78 is 43.9. The fourth-order valence-corrected chi connectivity index (χ4v) is 2.88. The topological polar surface area (TPSA) is 59.4 Å². The highest BCUT2D eigenvalue weighted by Gasteiger charge is 2.33. The summed E-state index contributed by atoms with van der Waals surface area (Å²) in [5, 5.41) is 6.21. The predicted molar refractivity (Wildman–Crippen MR) is 85.9 cm³/mol. The number of ether oxygens (including phenoxy) is 1. The van der Waals surface area contributed by atoms with Crippen LogP contribution in [-0.4, -0.2) is 59.5 Å². The van der Waals surface area contributed by atoms with Crippen LogP contribution in [0.3, 0.4) is 0 Å². The number of carbonyl (C=O) groups is 1. The second-order valence-corrected chi connectivity index (χ2v) is 6.63. The van der Waals surface area contributed by atoms with Crippen LogP contribution in [0.1, 0.15) is 26.0 Å². The molecule has 1 atom stereocenters. The van der Waals surface area contributed by atoms with Gasteiger partial charge in [-0.15, -0.1) is 0 Å². The van der Waals surface area contributed by atoms with E-state index in [9.17, 15) is 18.0 Å². The van der Waals surface area contributed by atoms with Crippen LogP contribution in [0.4, 0.5) is 13.2 Å². The lowest BCUT2D eigenvalue weighted by Crippen LogP contribution is -2.49. The molecule has 142 valence electrons. The Bertz CT molecular complexity index is 554. The molecule has 0 aromatic carbocycles. The molecule has 6 nitrogen and oxygen atoms in total. The van der Waals surface area contributed by atoms with Crippen molar-refractivity contribution in [2.24, 2.45) is 5.92 Å². The van der Waals surface area contributed by atoms with Gasteiger partial charge in [-0.05, 0) is 18.4 Å². The minimum Gasteiger partial charge on any atom is -0.379 e. The van der Waals surface area contributed by atoms with E-state index in [0.29, 0.717) is 25.7 Å². The number of morpholine rings is 1. The highest BCUT2D eigenvalue weighted by atomic mass is 19.4. The van der Waals surface area contributed by atoms with Gasteiger partial charge in [-0.25, -0.2) is 0 Å². The normalized spacial score (nSPS) is 17.7. The summed E-state index contributed by atoms with van der Waals surface area (Å²) >= 11 is 0. The molecule has 0 aliphatic carbocycles. The summed E-state index contributed by atoms with van der Waals surface area (Å²) in [6.45, 7) is 7.47. The molecular weight excluding hydrogens is 337 g/mol. The number of carbonyl (C=O) groups excluding carboxylic acids is 1. The molecule has 1 aromatic heterocycles. The number of amides is 1. The van der Waals surface area contributed by atoms with Crippen LogP contribution in [0.5, 0.6) is 0 Å². The summed E-state index contributed by atoms with van der Waals surface area (Å²) in [5.74, 6) is 0.129. The van der Waals surface area contributed by atoms with E-state index in [-0.39, 0.29) is 18.5 Å². The maximum atomic E-state index is 12.5. The minimum absolute atomic E-state index is 0.191. The zero-order valence-electron chi connectivity index (χ0n) is 14.6. The van der Waals surface area contributed by atoms with E-state index >= 15 is 0 Å². The predicted octanol–water partition coefficient (Wildman–Crippen LogP) is 1.76. The van der Waals surface area contributed by atoms with Crippen LogP contribution in [0, 0.1) is 5.92 Å². The maximum absolute atomic E-state index is 12.5. The van der Waals surface area contributed by atoms with E-state index in [1.807, 2.05) is 0 Å². The number of hydrogen-bond acceptors (Lipinski definition) is 4. The van der Waals surface area contributed by atoms with Crippen molar-refractivity contribution in [3.63, 3.8) is 0 Å². The molecule has 1 amide bonds. The van der Waals surface area contributed by atoms with Gasteiger partial charge in [0.05, 0.1) is 13.2 Å². The average molecular weight is 362 g/mol. The van der Waals surface area contributed by atoms with Gasteiger partial charge in [0.15, 0.2) is 5.69 Å². The van der Waals surface area contributed by atoms with Crippen LogP contribution in [-0.2, 0) is 22.3 Å². The first kappa shape index (κ1) is 19.7. The van der Waals surface area contributed by atoms with Gasteiger partial charge in [-0.3, -0.25) is 14.4 Å². The summed E-state index contributed by atoms with van der Waals surface area (Å²) in [6.07, 6.45) is -2.41. The molecule has 1 aliphatic rings. The highest BCUT2D eigenvalue weighted by molar-refractivity contribution is 5.75. The average Bonchev–Trinajstić information content (AvgIpc) is 3.00. The van der Waals surface area contributed by atoms with Crippen molar-refractivity contribution in [2.75, 3.05) is 32.8 Å². The van der Waals surface area contributed by atoms with E-state index in [0.717, 1.165) is 36.5 Å². The van der Waals surface area contributed by atoms with Crippen LogP contribution in [0.15, 0.2) is 12.3 Å². The molecular formula is C16H25F3N4O2. The number of hydrogen-bond donors (Lipinski definition) is 1. The van der Waals surface area contributed by atoms with Gasteiger partial charge < -0.3 is 10.1 Å². The minimum atomic E-state index is -4.50. The van der Waals surface area contributed by atoms with Gasteiger partial charge in [0, 0.05) is 31.9 Å². The molecule has 0 bridgehead atoms. The Hall–Kier alpha value is -1.61. The van der Waals surface area contributed by atoms with Gasteiger partial charge in [0.1, 0.15) is 6.54 Å². The van der Waals surface area contributed by atoms with Crippen molar-refractivity contribution in [3.8, 4) is 0 Å². The fraction of sp³-hybridized carbons (Fsp3) is 0.750. The molecule has 2 rings (SSSR count). The smallest absolute Gasteiger partial charge is 0.379 e. The van der Waals surface area contributed by atoms with Crippen LogP contribution >= 0.6 is 0 Å². The Kier molecular flexibility index (Phi) is 6.83. The Labute approximate surface area is 145 Å². The SMILES string of the molecule is CC(C)CC(CNC(=O)Cn1ccc(C(F)(F)F)n1)N1CCOCC1. The standard InChI is InChI=1S/C16H25F3N4O2/c1-12(2)9-13(22-5-7-25-8-6-22)10-20-15(24)11-23-4-3-14(21-23)16(17,18)19/h3-4,12-13H,5-11H2,1-2H3,(H,20,24). The van der Waals surface area contributed by atoms with Gasteiger partial charge in [0.2, 0.25) is 5.91 Å². The Morgan fingerprint density at radius 3 is 2.60 bits per heavy atom. The summed E-state index contributed by atoms with van der Waals surface area (Å²) in [7, 11) is 0. The van der Waals surface area contributed by atoms with E-state index in [2.05, 4.69) is 29.2 Å². The third-order valence-electron chi connectivity index (χ3n) is 4.08. The van der Waals surface area contributed by atoms with Crippen LogP contribution in [0.2, 0.25) is 0 Å². The lowest BCUT2D eigenvalue weighted by Gasteiger charge is -2.35. The quantitative estimate of drug-likeness (QED) is 0.803. The fourth-order valence-electron chi connectivity index (χ4n) is 2.88. The van der Waals surface area contributed by atoms with Gasteiger partial charge in [0.25, 0.3) is 0 Å². The zero-order valence-corrected chi connectivity index (χ0v) is 14.6. The molecule has 1 unspecified atom stereocenters. The van der Waals surface area contributed by atoms with E-state index in [1.54, 1.807) is 0 Å². The van der Waals surface area contributed by atoms with Gasteiger partial charge in [-0.1, -0.05) is 13.8 Å². The third kappa shape index (κ3) is 6.32. The maximum Gasteiger partial charge on any atom is 0.435 e. The number of alkyl halides is 3.